The highest BCUT2D eigenvalue weighted by Gasteiger charge is 2.13. The molecule has 0 saturated carbocycles. The van der Waals surface area contributed by atoms with Gasteiger partial charge in [-0.05, 0) is 26.2 Å². The molecule has 1 aromatic carbocycles. The second-order valence-corrected chi connectivity index (χ2v) is 4.93. The van der Waals surface area contributed by atoms with E-state index in [1.54, 1.807) is 6.07 Å². The molecule has 0 aliphatic rings. The summed E-state index contributed by atoms with van der Waals surface area (Å²) >= 11 is 5.88. The van der Waals surface area contributed by atoms with Crippen molar-refractivity contribution in [2.45, 2.75) is 18.9 Å². The van der Waals surface area contributed by atoms with Crippen LogP contribution in [0.15, 0.2) is 18.2 Å². The summed E-state index contributed by atoms with van der Waals surface area (Å²) in [4.78, 5) is 6.38. The van der Waals surface area contributed by atoms with Crippen molar-refractivity contribution in [1.82, 2.24) is 14.5 Å². The molecule has 0 saturated heterocycles. The summed E-state index contributed by atoms with van der Waals surface area (Å²) in [6.07, 6.45) is -2.48. The normalized spacial score (nSPS) is 11.9. The zero-order valence-corrected chi connectivity index (χ0v) is 11.7. The first-order valence-corrected chi connectivity index (χ1v) is 6.54. The molecule has 1 heterocycles. The van der Waals surface area contributed by atoms with E-state index in [0.29, 0.717) is 11.3 Å². The summed E-state index contributed by atoms with van der Waals surface area (Å²) in [6.45, 7) is 1.57. The van der Waals surface area contributed by atoms with Gasteiger partial charge in [0.25, 0.3) is 6.43 Å². The maximum absolute atomic E-state index is 12.7. The highest BCUT2D eigenvalue weighted by atomic mass is 35.5. The van der Waals surface area contributed by atoms with E-state index < -0.39 is 6.43 Å². The van der Waals surface area contributed by atoms with E-state index in [9.17, 15) is 8.78 Å². The number of likely N-dealkylation sites (N-methyl/N-ethyl adjacent to an activating group) is 1. The van der Waals surface area contributed by atoms with Crippen molar-refractivity contribution in [3.8, 4) is 0 Å². The van der Waals surface area contributed by atoms with Crippen LogP contribution in [0.2, 0.25) is 0 Å². The number of alkyl halides is 3. The third kappa shape index (κ3) is 3.04. The standard InChI is InChI=1S/C13H16ClF2N3/c1-18(2)5-6-19-11-4-3-9(13(15)16)7-10(11)17-12(19)8-14/h3-4,7,13H,5-6,8H2,1-2H3. The Morgan fingerprint density at radius 2 is 2.11 bits per heavy atom. The van der Waals surface area contributed by atoms with Crippen LogP contribution in [0.25, 0.3) is 11.0 Å². The molecule has 19 heavy (non-hydrogen) atoms. The van der Waals surface area contributed by atoms with Crippen LogP contribution in [0.4, 0.5) is 8.78 Å². The molecule has 1 aromatic heterocycles. The number of hydrogen-bond donors (Lipinski definition) is 0. The molecule has 0 aliphatic carbocycles. The molecule has 0 N–H and O–H groups in total. The maximum atomic E-state index is 12.7. The van der Waals surface area contributed by atoms with Gasteiger partial charge in [0.1, 0.15) is 5.82 Å². The van der Waals surface area contributed by atoms with Gasteiger partial charge in [0.15, 0.2) is 0 Å². The van der Waals surface area contributed by atoms with Gasteiger partial charge < -0.3 is 9.47 Å². The molecule has 2 aromatic rings. The first-order valence-electron chi connectivity index (χ1n) is 6.01. The lowest BCUT2D eigenvalue weighted by Crippen LogP contribution is -2.19. The smallest absolute Gasteiger partial charge is 0.263 e. The first-order chi connectivity index (χ1) is 9.02. The van der Waals surface area contributed by atoms with Crippen molar-refractivity contribution >= 4 is 22.6 Å². The highest BCUT2D eigenvalue weighted by molar-refractivity contribution is 6.16. The van der Waals surface area contributed by atoms with Gasteiger partial charge in [-0.3, -0.25) is 0 Å². The molecule has 6 heteroatoms. The molecule has 0 atom stereocenters. The van der Waals surface area contributed by atoms with Gasteiger partial charge in [0.2, 0.25) is 0 Å². The van der Waals surface area contributed by atoms with Crippen molar-refractivity contribution in [1.29, 1.82) is 0 Å². The molecule has 0 unspecified atom stereocenters. The van der Waals surface area contributed by atoms with Crippen LogP contribution in [-0.2, 0) is 12.4 Å². The number of rotatable bonds is 5. The number of fused-ring (bicyclic) bond motifs is 1. The zero-order chi connectivity index (χ0) is 14.0. The monoisotopic (exact) mass is 287 g/mol. The van der Waals surface area contributed by atoms with Gasteiger partial charge in [-0.2, -0.15) is 0 Å². The Morgan fingerprint density at radius 3 is 2.68 bits per heavy atom. The van der Waals surface area contributed by atoms with Crippen molar-refractivity contribution in [2.75, 3.05) is 20.6 Å². The second kappa shape index (κ2) is 5.84. The fourth-order valence-electron chi connectivity index (χ4n) is 1.98. The second-order valence-electron chi connectivity index (χ2n) is 4.67. The van der Waals surface area contributed by atoms with Gasteiger partial charge >= 0.3 is 0 Å². The SMILES string of the molecule is CN(C)CCn1c(CCl)nc2cc(C(F)F)ccc21. The molecule has 104 valence electrons. The van der Waals surface area contributed by atoms with Crippen molar-refractivity contribution < 1.29 is 8.78 Å². The minimum Gasteiger partial charge on any atom is -0.326 e. The minimum atomic E-state index is -2.48. The Balaban J connectivity index is 2.43. The summed E-state index contributed by atoms with van der Waals surface area (Å²) in [6, 6.07) is 4.57. The van der Waals surface area contributed by atoms with E-state index >= 15 is 0 Å². The zero-order valence-electron chi connectivity index (χ0n) is 10.9. The van der Waals surface area contributed by atoms with E-state index in [1.165, 1.54) is 12.1 Å². The largest absolute Gasteiger partial charge is 0.326 e. The molecule has 0 fully saturated rings. The molecule has 0 aliphatic heterocycles. The first kappa shape index (κ1) is 14.2. The van der Waals surface area contributed by atoms with Crippen LogP contribution >= 0.6 is 11.6 Å². The molecule has 0 bridgehead atoms. The fraction of sp³-hybridized carbons (Fsp3) is 0.462. The van der Waals surface area contributed by atoms with Crippen molar-refractivity contribution in [3.63, 3.8) is 0 Å². The van der Waals surface area contributed by atoms with Gasteiger partial charge in [0.05, 0.1) is 16.9 Å². The average molecular weight is 288 g/mol. The van der Waals surface area contributed by atoms with Crippen LogP contribution in [0.5, 0.6) is 0 Å². The number of imidazole rings is 1. The number of halogens is 3. The summed E-state index contributed by atoms with van der Waals surface area (Å²) in [5.41, 5.74) is 1.42. The Morgan fingerprint density at radius 1 is 1.37 bits per heavy atom. The Kier molecular flexibility index (Phi) is 4.37. The Labute approximate surface area is 115 Å². The number of hydrogen-bond acceptors (Lipinski definition) is 2. The lowest BCUT2D eigenvalue weighted by Gasteiger charge is -2.12. The van der Waals surface area contributed by atoms with E-state index in [1.807, 2.05) is 18.7 Å². The Hall–Kier alpha value is -1.20. The van der Waals surface area contributed by atoms with E-state index in [2.05, 4.69) is 9.88 Å². The van der Waals surface area contributed by atoms with E-state index in [0.717, 1.165) is 18.6 Å². The van der Waals surface area contributed by atoms with Gasteiger partial charge in [-0.1, -0.05) is 6.07 Å². The van der Waals surface area contributed by atoms with Gasteiger partial charge in [-0.15, -0.1) is 11.6 Å². The molecular weight excluding hydrogens is 272 g/mol. The van der Waals surface area contributed by atoms with Crippen LogP contribution in [0, 0.1) is 0 Å². The highest BCUT2D eigenvalue weighted by Crippen LogP contribution is 2.24. The number of aromatic nitrogens is 2. The molecular formula is C13H16ClF2N3. The lowest BCUT2D eigenvalue weighted by molar-refractivity contribution is 0.151. The van der Waals surface area contributed by atoms with Gasteiger partial charge in [0, 0.05) is 18.7 Å². The molecule has 0 spiro atoms. The quantitative estimate of drug-likeness (QED) is 0.787. The molecule has 0 amide bonds. The lowest BCUT2D eigenvalue weighted by atomic mass is 10.2. The topological polar surface area (TPSA) is 21.1 Å². The third-order valence-corrected chi connectivity index (χ3v) is 3.23. The minimum absolute atomic E-state index is 0.00844. The van der Waals surface area contributed by atoms with Crippen LogP contribution in [0.1, 0.15) is 17.8 Å². The summed E-state index contributed by atoms with van der Waals surface area (Å²) in [5, 5.41) is 0. The summed E-state index contributed by atoms with van der Waals surface area (Å²) < 4.78 is 27.3. The molecule has 0 radical (unpaired) electrons. The maximum Gasteiger partial charge on any atom is 0.263 e. The van der Waals surface area contributed by atoms with Crippen LogP contribution in [-0.4, -0.2) is 35.1 Å². The van der Waals surface area contributed by atoms with Crippen LogP contribution < -0.4 is 0 Å². The number of nitrogens with zero attached hydrogens (tertiary/aromatic N) is 3. The summed E-state index contributed by atoms with van der Waals surface area (Å²) in [5.74, 6) is 0.983. The van der Waals surface area contributed by atoms with E-state index in [4.69, 9.17) is 11.6 Å². The van der Waals surface area contributed by atoms with E-state index in [-0.39, 0.29) is 11.4 Å². The Bertz CT molecular complexity index is 566. The van der Waals surface area contributed by atoms with Crippen molar-refractivity contribution in [2.24, 2.45) is 0 Å². The van der Waals surface area contributed by atoms with Crippen molar-refractivity contribution in [3.05, 3.63) is 29.6 Å². The fourth-order valence-corrected chi connectivity index (χ4v) is 2.19. The average Bonchev–Trinajstić information content (AvgIpc) is 2.72. The van der Waals surface area contributed by atoms with Crippen LogP contribution in [0.3, 0.4) is 0 Å². The van der Waals surface area contributed by atoms with Gasteiger partial charge in [-0.25, -0.2) is 13.8 Å². The predicted molar refractivity (Wildman–Crippen MR) is 72.8 cm³/mol. The number of benzene rings is 1. The summed E-state index contributed by atoms with van der Waals surface area (Å²) in [7, 11) is 3.96. The predicted octanol–water partition coefficient (Wildman–Crippen LogP) is 3.27. The molecule has 2 rings (SSSR count). The third-order valence-electron chi connectivity index (χ3n) is 2.99. The molecule has 3 nitrogen and oxygen atoms in total.